The van der Waals surface area contributed by atoms with Gasteiger partial charge in [0.15, 0.2) is 0 Å². The first-order chi connectivity index (χ1) is 7.69. The highest BCUT2D eigenvalue weighted by Gasteiger charge is 2.27. The smallest absolute Gasteiger partial charge is 0.318 e. The van der Waals surface area contributed by atoms with Gasteiger partial charge in [-0.25, -0.2) is 4.79 Å². The lowest BCUT2D eigenvalue weighted by molar-refractivity contribution is -0.138. The average molecular weight is 246 g/mol. The number of nitrogens with zero attached hydrogens (tertiary/aromatic N) is 1. The van der Waals surface area contributed by atoms with Crippen LogP contribution in [0.2, 0.25) is 0 Å². The van der Waals surface area contributed by atoms with E-state index < -0.39 is 11.5 Å². The third kappa shape index (κ3) is 6.11. The third-order valence-electron chi connectivity index (χ3n) is 2.26. The van der Waals surface area contributed by atoms with E-state index in [4.69, 9.17) is 10.2 Å². The fraction of sp³-hybridized carbons (Fsp3) is 0.818. The van der Waals surface area contributed by atoms with Crippen LogP contribution in [-0.4, -0.2) is 51.8 Å². The molecule has 100 valence electrons. The molecule has 0 heterocycles. The number of hydrogen-bond acceptors (Lipinski definition) is 3. The Morgan fingerprint density at radius 2 is 1.88 bits per heavy atom. The molecule has 2 amide bonds. The molecule has 0 aromatic rings. The number of aliphatic carboxylic acids is 1. The molecule has 0 aliphatic rings. The van der Waals surface area contributed by atoms with Gasteiger partial charge >= 0.3 is 12.0 Å². The van der Waals surface area contributed by atoms with E-state index >= 15 is 0 Å². The van der Waals surface area contributed by atoms with Gasteiger partial charge in [-0.15, -0.1) is 0 Å². The van der Waals surface area contributed by atoms with Gasteiger partial charge < -0.3 is 20.4 Å². The maximum atomic E-state index is 11.9. The molecule has 6 heteroatoms. The second-order valence-electron chi connectivity index (χ2n) is 4.90. The molecule has 6 nitrogen and oxygen atoms in total. The van der Waals surface area contributed by atoms with E-state index in [1.54, 1.807) is 13.8 Å². The monoisotopic (exact) mass is 246 g/mol. The number of aliphatic hydroxyl groups is 1. The van der Waals surface area contributed by atoms with Gasteiger partial charge in [0.1, 0.15) is 0 Å². The van der Waals surface area contributed by atoms with E-state index in [1.165, 1.54) is 4.90 Å². The minimum Gasteiger partial charge on any atom is -0.481 e. The molecule has 0 saturated heterocycles. The predicted octanol–water partition coefficient (Wildman–Crippen LogP) is 0.652. The molecule has 0 unspecified atom stereocenters. The minimum atomic E-state index is -0.964. The second kappa shape index (κ2) is 6.44. The zero-order chi connectivity index (χ0) is 13.6. The number of amides is 2. The van der Waals surface area contributed by atoms with Crippen molar-refractivity contribution in [1.82, 2.24) is 10.2 Å². The van der Waals surface area contributed by atoms with Crippen LogP contribution < -0.4 is 5.32 Å². The highest BCUT2D eigenvalue weighted by molar-refractivity contribution is 5.77. The van der Waals surface area contributed by atoms with E-state index in [1.807, 2.05) is 13.8 Å². The Morgan fingerprint density at radius 1 is 1.35 bits per heavy atom. The van der Waals surface area contributed by atoms with E-state index in [9.17, 15) is 9.59 Å². The van der Waals surface area contributed by atoms with Crippen molar-refractivity contribution >= 4 is 12.0 Å². The molecular weight excluding hydrogens is 224 g/mol. The van der Waals surface area contributed by atoms with Crippen LogP contribution in [0, 0.1) is 0 Å². The van der Waals surface area contributed by atoms with Crippen LogP contribution in [-0.2, 0) is 4.79 Å². The first kappa shape index (κ1) is 15.7. The maximum absolute atomic E-state index is 11.9. The molecular formula is C11H22N2O4. The van der Waals surface area contributed by atoms with E-state index in [2.05, 4.69) is 5.32 Å². The summed E-state index contributed by atoms with van der Waals surface area (Å²) in [5, 5.41) is 20.2. The molecule has 17 heavy (non-hydrogen) atoms. The quantitative estimate of drug-likeness (QED) is 0.642. The van der Waals surface area contributed by atoms with Crippen LogP contribution in [0.25, 0.3) is 0 Å². The number of rotatable bonds is 6. The molecule has 0 aromatic carbocycles. The van der Waals surface area contributed by atoms with Crippen LogP contribution in [0.1, 0.15) is 34.1 Å². The Hall–Kier alpha value is -1.30. The van der Waals surface area contributed by atoms with Crippen LogP contribution in [0.15, 0.2) is 0 Å². The van der Waals surface area contributed by atoms with Gasteiger partial charge in [0.2, 0.25) is 0 Å². The maximum Gasteiger partial charge on any atom is 0.318 e. The van der Waals surface area contributed by atoms with Crippen molar-refractivity contribution in [3.8, 4) is 0 Å². The summed E-state index contributed by atoms with van der Waals surface area (Å²) >= 11 is 0. The largest absolute Gasteiger partial charge is 0.481 e. The number of hydrogen-bond donors (Lipinski definition) is 3. The molecule has 0 radical (unpaired) electrons. The lowest BCUT2D eigenvalue weighted by atomic mass is 10.0. The van der Waals surface area contributed by atoms with Gasteiger partial charge in [-0.05, 0) is 27.7 Å². The Bertz CT molecular complexity index is 277. The summed E-state index contributed by atoms with van der Waals surface area (Å²) in [6.45, 7) is 7.07. The number of nitrogens with one attached hydrogen (secondary N) is 1. The molecule has 3 N–H and O–H groups in total. The topological polar surface area (TPSA) is 89.9 Å². The van der Waals surface area contributed by atoms with Crippen LogP contribution in [0.4, 0.5) is 4.79 Å². The van der Waals surface area contributed by atoms with Crippen LogP contribution in [0.3, 0.4) is 0 Å². The SMILES string of the molecule is CC(C)N(CCO)C(=O)NC(C)(C)CC(=O)O. The number of aliphatic hydroxyl groups excluding tert-OH is 1. The summed E-state index contributed by atoms with van der Waals surface area (Å²) in [4.78, 5) is 24.0. The Kier molecular flexibility index (Phi) is 5.95. The normalized spacial score (nSPS) is 11.4. The molecule has 0 saturated carbocycles. The summed E-state index contributed by atoms with van der Waals surface area (Å²) in [7, 11) is 0. The highest BCUT2D eigenvalue weighted by atomic mass is 16.4. The van der Waals surface area contributed by atoms with Gasteiger partial charge in [-0.2, -0.15) is 0 Å². The summed E-state index contributed by atoms with van der Waals surface area (Å²) in [6.07, 6.45) is -0.149. The van der Waals surface area contributed by atoms with Gasteiger partial charge in [-0.1, -0.05) is 0 Å². The molecule has 0 spiro atoms. The first-order valence-electron chi connectivity index (χ1n) is 5.61. The van der Waals surface area contributed by atoms with Crippen molar-refractivity contribution in [2.45, 2.75) is 45.7 Å². The summed E-state index contributed by atoms with van der Waals surface area (Å²) < 4.78 is 0. The van der Waals surface area contributed by atoms with Crippen molar-refractivity contribution in [1.29, 1.82) is 0 Å². The zero-order valence-electron chi connectivity index (χ0n) is 10.9. The van der Waals surface area contributed by atoms with Gasteiger partial charge in [0.05, 0.1) is 13.0 Å². The Balaban J connectivity index is 4.53. The summed E-state index contributed by atoms with van der Waals surface area (Å²) in [5.74, 6) is -0.964. The average Bonchev–Trinajstić information content (AvgIpc) is 2.09. The molecule has 0 aliphatic heterocycles. The van der Waals surface area contributed by atoms with Crippen LogP contribution in [0.5, 0.6) is 0 Å². The molecule has 0 rings (SSSR count). The predicted molar refractivity (Wildman–Crippen MR) is 63.8 cm³/mol. The van der Waals surface area contributed by atoms with Gasteiger partial charge in [0.25, 0.3) is 0 Å². The summed E-state index contributed by atoms with van der Waals surface area (Å²) in [5.41, 5.74) is -0.814. The fourth-order valence-corrected chi connectivity index (χ4v) is 1.49. The molecule has 0 bridgehead atoms. The zero-order valence-corrected chi connectivity index (χ0v) is 10.9. The lowest BCUT2D eigenvalue weighted by Crippen LogP contribution is -2.53. The number of carbonyl (C=O) groups excluding carboxylic acids is 1. The van der Waals surface area contributed by atoms with Gasteiger partial charge in [0, 0.05) is 18.1 Å². The molecule has 0 aliphatic carbocycles. The van der Waals surface area contributed by atoms with Crippen molar-refractivity contribution in [2.24, 2.45) is 0 Å². The Morgan fingerprint density at radius 3 is 2.24 bits per heavy atom. The minimum absolute atomic E-state index is 0.0530. The number of carboxylic acid groups (broad SMARTS) is 1. The third-order valence-corrected chi connectivity index (χ3v) is 2.26. The number of carbonyl (C=O) groups is 2. The van der Waals surface area contributed by atoms with E-state index in [-0.39, 0.29) is 31.6 Å². The highest BCUT2D eigenvalue weighted by Crippen LogP contribution is 2.10. The molecule has 0 atom stereocenters. The van der Waals surface area contributed by atoms with Crippen molar-refractivity contribution in [3.63, 3.8) is 0 Å². The van der Waals surface area contributed by atoms with Crippen molar-refractivity contribution in [2.75, 3.05) is 13.2 Å². The molecule has 0 aromatic heterocycles. The van der Waals surface area contributed by atoms with Crippen molar-refractivity contribution in [3.05, 3.63) is 0 Å². The van der Waals surface area contributed by atoms with E-state index in [0.29, 0.717) is 0 Å². The standard InChI is InChI=1S/C11H22N2O4/c1-8(2)13(5-6-14)10(17)12-11(3,4)7-9(15)16/h8,14H,5-7H2,1-4H3,(H,12,17)(H,15,16). The number of urea groups is 1. The Labute approximate surface area is 102 Å². The van der Waals surface area contributed by atoms with Crippen molar-refractivity contribution < 1.29 is 19.8 Å². The first-order valence-corrected chi connectivity index (χ1v) is 5.61. The van der Waals surface area contributed by atoms with Gasteiger partial charge in [-0.3, -0.25) is 4.79 Å². The summed E-state index contributed by atoms with van der Waals surface area (Å²) in [6, 6.07) is -0.414. The number of carboxylic acids is 1. The van der Waals surface area contributed by atoms with E-state index in [0.717, 1.165) is 0 Å². The molecule has 0 fully saturated rings. The lowest BCUT2D eigenvalue weighted by Gasteiger charge is -2.32. The fourth-order valence-electron chi connectivity index (χ4n) is 1.49. The second-order valence-corrected chi connectivity index (χ2v) is 4.90. The van der Waals surface area contributed by atoms with Crippen LogP contribution >= 0.6 is 0 Å².